The third-order valence-electron chi connectivity index (χ3n) is 4.51. The fraction of sp³-hybridized carbons (Fsp3) is 0.867. The highest BCUT2D eigenvalue weighted by Gasteiger charge is 2.47. The Morgan fingerprint density at radius 1 is 1.29 bits per heavy atom. The summed E-state index contributed by atoms with van der Waals surface area (Å²) in [6.07, 6.45) is -5.36. The molecule has 0 unspecified atom stereocenters. The SMILES string of the molecule is CN(C)CCN1CC2(CCN(C(=O)CCC(F)(F)F)CC2)OC1=O. The Labute approximate surface area is 139 Å². The van der Waals surface area contributed by atoms with E-state index < -0.39 is 30.5 Å². The van der Waals surface area contributed by atoms with E-state index in [4.69, 9.17) is 4.74 Å². The number of amides is 2. The second-order valence-corrected chi connectivity index (χ2v) is 6.77. The largest absolute Gasteiger partial charge is 0.441 e. The molecule has 0 aromatic carbocycles. The smallest absolute Gasteiger partial charge is 0.410 e. The maximum atomic E-state index is 12.2. The first-order valence-electron chi connectivity index (χ1n) is 8.07. The Kier molecular flexibility index (Phi) is 5.62. The summed E-state index contributed by atoms with van der Waals surface area (Å²) in [6, 6.07) is 0. The van der Waals surface area contributed by atoms with Gasteiger partial charge in [-0.15, -0.1) is 0 Å². The summed E-state index contributed by atoms with van der Waals surface area (Å²) in [5.41, 5.74) is -0.607. The van der Waals surface area contributed by atoms with Gasteiger partial charge in [-0.1, -0.05) is 0 Å². The maximum Gasteiger partial charge on any atom is 0.410 e. The molecule has 2 rings (SSSR count). The number of likely N-dealkylation sites (tertiary alicyclic amines) is 1. The number of likely N-dealkylation sites (N-methyl/N-ethyl adjacent to an activating group) is 1. The average Bonchev–Trinajstić information content (AvgIpc) is 2.78. The third kappa shape index (κ3) is 4.99. The van der Waals surface area contributed by atoms with Crippen molar-refractivity contribution in [3.63, 3.8) is 0 Å². The first-order valence-corrected chi connectivity index (χ1v) is 8.07. The molecule has 138 valence electrons. The molecule has 2 saturated heterocycles. The van der Waals surface area contributed by atoms with Gasteiger partial charge in [-0.25, -0.2) is 4.79 Å². The van der Waals surface area contributed by atoms with Crippen LogP contribution in [0.15, 0.2) is 0 Å². The zero-order valence-electron chi connectivity index (χ0n) is 14.1. The van der Waals surface area contributed by atoms with Crippen molar-refractivity contribution in [3.8, 4) is 0 Å². The van der Waals surface area contributed by atoms with Crippen LogP contribution in [0.3, 0.4) is 0 Å². The summed E-state index contributed by atoms with van der Waals surface area (Å²) < 4.78 is 42.1. The van der Waals surface area contributed by atoms with Crippen LogP contribution in [0.4, 0.5) is 18.0 Å². The highest BCUT2D eigenvalue weighted by Crippen LogP contribution is 2.33. The standard InChI is InChI=1S/C15H24F3N3O3/c1-19(2)9-10-21-11-14(24-13(21)23)5-7-20(8-6-14)12(22)3-4-15(16,17)18/h3-11H2,1-2H3. The Balaban J connectivity index is 1.82. The number of halogens is 3. The molecule has 2 aliphatic heterocycles. The van der Waals surface area contributed by atoms with Crippen LogP contribution in [-0.4, -0.2) is 85.3 Å². The van der Waals surface area contributed by atoms with Gasteiger partial charge in [0.15, 0.2) is 0 Å². The van der Waals surface area contributed by atoms with Gasteiger partial charge in [0.2, 0.25) is 5.91 Å². The van der Waals surface area contributed by atoms with Gasteiger partial charge in [-0.05, 0) is 14.1 Å². The first kappa shape index (κ1) is 18.8. The van der Waals surface area contributed by atoms with Gasteiger partial charge in [0.25, 0.3) is 0 Å². The average molecular weight is 351 g/mol. The molecule has 0 atom stereocenters. The first-order chi connectivity index (χ1) is 11.1. The molecular weight excluding hydrogens is 327 g/mol. The van der Waals surface area contributed by atoms with Crippen LogP contribution in [0.25, 0.3) is 0 Å². The lowest BCUT2D eigenvalue weighted by Gasteiger charge is -2.37. The molecule has 2 heterocycles. The van der Waals surface area contributed by atoms with Crippen molar-refractivity contribution >= 4 is 12.0 Å². The van der Waals surface area contributed by atoms with Gasteiger partial charge in [0.1, 0.15) is 5.60 Å². The molecule has 9 heteroatoms. The number of hydrogen-bond acceptors (Lipinski definition) is 4. The molecule has 0 saturated carbocycles. The lowest BCUT2D eigenvalue weighted by atomic mass is 9.91. The number of carbonyl (C=O) groups excluding carboxylic acids is 2. The molecular formula is C15H24F3N3O3. The lowest BCUT2D eigenvalue weighted by molar-refractivity contribution is -0.151. The Morgan fingerprint density at radius 2 is 1.92 bits per heavy atom. The van der Waals surface area contributed by atoms with E-state index in [1.807, 2.05) is 19.0 Å². The molecule has 0 radical (unpaired) electrons. The summed E-state index contributed by atoms with van der Waals surface area (Å²) >= 11 is 0. The number of carbonyl (C=O) groups is 2. The predicted octanol–water partition coefficient (Wildman–Crippen LogP) is 1.70. The molecule has 0 aliphatic carbocycles. The number of rotatable bonds is 5. The molecule has 0 aromatic rings. The predicted molar refractivity (Wildman–Crippen MR) is 80.4 cm³/mol. The minimum absolute atomic E-state index is 0.325. The topological polar surface area (TPSA) is 53.1 Å². The zero-order valence-corrected chi connectivity index (χ0v) is 14.1. The highest BCUT2D eigenvalue weighted by atomic mass is 19.4. The molecule has 24 heavy (non-hydrogen) atoms. The number of piperidine rings is 1. The van der Waals surface area contributed by atoms with E-state index in [9.17, 15) is 22.8 Å². The number of alkyl halides is 3. The van der Waals surface area contributed by atoms with Gasteiger partial charge in [0, 0.05) is 45.4 Å². The minimum Gasteiger partial charge on any atom is -0.441 e. The number of ether oxygens (including phenoxy) is 1. The van der Waals surface area contributed by atoms with Crippen molar-refractivity contribution in [1.82, 2.24) is 14.7 Å². The van der Waals surface area contributed by atoms with Crippen LogP contribution in [0.5, 0.6) is 0 Å². The van der Waals surface area contributed by atoms with Crippen LogP contribution in [0.2, 0.25) is 0 Å². The molecule has 0 bridgehead atoms. The Bertz CT molecular complexity index is 474. The van der Waals surface area contributed by atoms with Crippen LogP contribution in [-0.2, 0) is 9.53 Å². The number of nitrogens with zero attached hydrogens (tertiary/aromatic N) is 3. The Hall–Kier alpha value is -1.51. The van der Waals surface area contributed by atoms with Crippen molar-refractivity contribution in [2.24, 2.45) is 0 Å². The quantitative estimate of drug-likeness (QED) is 0.757. The van der Waals surface area contributed by atoms with Gasteiger partial charge in [-0.3, -0.25) is 4.79 Å². The van der Waals surface area contributed by atoms with Crippen LogP contribution in [0, 0.1) is 0 Å². The van der Waals surface area contributed by atoms with Crippen LogP contribution >= 0.6 is 0 Å². The van der Waals surface area contributed by atoms with E-state index in [1.165, 1.54) is 4.90 Å². The van der Waals surface area contributed by atoms with Crippen LogP contribution in [0.1, 0.15) is 25.7 Å². The summed E-state index contributed by atoms with van der Waals surface area (Å²) in [4.78, 5) is 28.9. The lowest BCUT2D eigenvalue weighted by Crippen LogP contribution is -2.49. The molecule has 1 spiro atoms. The van der Waals surface area contributed by atoms with E-state index in [1.54, 1.807) is 4.90 Å². The van der Waals surface area contributed by atoms with E-state index >= 15 is 0 Å². The molecule has 0 aromatic heterocycles. The minimum atomic E-state index is -4.32. The molecule has 2 amide bonds. The summed E-state index contributed by atoms with van der Waals surface area (Å²) in [5, 5.41) is 0. The van der Waals surface area contributed by atoms with E-state index in [2.05, 4.69) is 0 Å². The van der Waals surface area contributed by atoms with Crippen molar-refractivity contribution < 1.29 is 27.5 Å². The van der Waals surface area contributed by atoms with Gasteiger partial charge >= 0.3 is 12.3 Å². The van der Waals surface area contributed by atoms with Crippen molar-refractivity contribution in [3.05, 3.63) is 0 Å². The second kappa shape index (κ2) is 7.16. The van der Waals surface area contributed by atoms with Crippen molar-refractivity contribution in [2.45, 2.75) is 37.5 Å². The molecule has 0 N–H and O–H groups in total. The summed E-state index contributed by atoms with van der Waals surface area (Å²) in [5.74, 6) is -0.490. The molecule has 2 fully saturated rings. The van der Waals surface area contributed by atoms with E-state index in [0.29, 0.717) is 39.0 Å². The molecule has 2 aliphatic rings. The normalized spacial score (nSPS) is 20.8. The van der Waals surface area contributed by atoms with Crippen molar-refractivity contribution in [1.29, 1.82) is 0 Å². The van der Waals surface area contributed by atoms with Gasteiger partial charge in [0.05, 0.1) is 13.0 Å². The highest BCUT2D eigenvalue weighted by molar-refractivity contribution is 5.76. The van der Waals surface area contributed by atoms with Gasteiger partial charge in [-0.2, -0.15) is 13.2 Å². The third-order valence-corrected chi connectivity index (χ3v) is 4.51. The van der Waals surface area contributed by atoms with E-state index in [0.717, 1.165) is 6.54 Å². The van der Waals surface area contributed by atoms with Crippen molar-refractivity contribution in [2.75, 3.05) is 46.8 Å². The maximum absolute atomic E-state index is 12.2. The fourth-order valence-electron chi connectivity index (χ4n) is 3.02. The number of hydrogen-bond donors (Lipinski definition) is 0. The fourth-order valence-corrected chi connectivity index (χ4v) is 3.02. The second-order valence-electron chi connectivity index (χ2n) is 6.77. The van der Waals surface area contributed by atoms with Crippen LogP contribution < -0.4 is 0 Å². The zero-order chi connectivity index (χ0) is 18.0. The summed E-state index contributed by atoms with van der Waals surface area (Å²) in [7, 11) is 3.84. The molecule has 6 nitrogen and oxygen atoms in total. The monoisotopic (exact) mass is 351 g/mol. The Morgan fingerprint density at radius 3 is 2.46 bits per heavy atom. The van der Waals surface area contributed by atoms with E-state index in [-0.39, 0.29) is 6.09 Å². The summed E-state index contributed by atoms with van der Waals surface area (Å²) in [6.45, 7) is 2.43. The van der Waals surface area contributed by atoms with Gasteiger partial charge < -0.3 is 19.4 Å².